The lowest BCUT2D eigenvalue weighted by atomic mass is 9.74. The van der Waals surface area contributed by atoms with Gasteiger partial charge in [0.05, 0.1) is 16.8 Å². The molecule has 0 bridgehead atoms. The van der Waals surface area contributed by atoms with Crippen molar-refractivity contribution in [1.29, 1.82) is 0 Å². The van der Waals surface area contributed by atoms with Gasteiger partial charge in [-0.25, -0.2) is 0 Å². The molecule has 1 aliphatic heterocycles. The van der Waals surface area contributed by atoms with Crippen LogP contribution in [0.25, 0.3) is 0 Å². The van der Waals surface area contributed by atoms with Gasteiger partial charge in [0, 0.05) is 0 Å². The topological polar surface area (TPSA) is 38.7 Å². The van der Waals surface area contributed by atoms with Gasteiger partial charge < -0.3 is 14.4 Å². The molecule has 1 aromatic rings. The van der Waals surface area contributed by atoms with E-state index in [-0.39, 0.29) is 18.3 Å². The first-order chi connectivity index (χ1) is 10.0. The molecule has 1 N–H and O–H groups in total. The second-order valence-corrected chi connectivity index (χ2v) is 8.08. The van der Waals surface area contributed by atoms with Crippen LogP contribution in [0.1, 0.15) is 58.6 Å². The number of aryl methyl sites for hydroxylation is 1. The zero-order valence-electron chi connectivity index (χ0n) is 14.6. The Hall–Kier alpha value is -0.835. The molecular formula is C18H27BO3. The molecule has 4 heteroatoms. The highest BCUT2D eigenvalue weighted by Gasteiger charge is 2.52. The summed E-state index contributed by atoms with van der Waals surface area (Å²) in [7, 11) is -0.375. The molecule has 1 saturated carbocycles. The summed E-state index contributed by atoms with van der Waals surface area (Å²) in [5, 5.41) is 10.8. The molecule has 2 aliphatic rings. The van der Waals surface area contributed by atoms with Gasteiger partial charge in [0.15, 0.2) is 0 Å². The third kappa shape index (κ3) is 2.51. The normalized spacial score (nSPS) is 26.0. The minimum absolute atomic E-state index is 0.348. The van der Waals surface area contributed by atoms with E-state index in [2.05, 4.69) is 46.8 Å². The van der Waals surface area contributed by atoms with E-state index >= 15 is 0 Å². The Kier molecular flexibility index (Phi) is 3.52. The van der Waals surface area contributed by atoms with Gasteiger partial charge in [-0.15, -0.1) is 0 Å². The maximum atomic E-state index is 10.8. The number of benzene rings is 1. The summed E-state index contributed by atoms with van der Waals surface area (Å²) in [6, 6.07) is 6.16. The van der Waals surface area contributed by atoms with Crippen molar-refractivity contribution in [3.05, 3.63) is 29.3 Å². The minimum Gasteiger partial charge on any atom is -0.399 e. The summed E-state index contributed by atoms with van der Waals surface area (Å²) < 4.78 is 12.3. The van der Waals surface area contributed by atoms with E-state index in [1.807, 2.05) is 13.0 Å². The first-order valence-electron chi connectivity index (χ1n) is 8.24. The van der Waals surface area contributed by atoms with Crippen molar-refractivity contribution >= 4 is 12.6 Å². The van der Waals surface area contributed by atoms with Gasteiger partial charge in [-0.05, 0) is 71.3 Å². The molecule has 22 heavy (non-hydrogen) atoms. The van der Waals surface area contributed by atoms with Crippen molar-refractivity contribution in [1.82, 2.24) is 0 Å². The molecule has 2 fully saturated rings. The largest absolute Gasteiger partial charge is 0.495 e. The van der Waals surface area contributed by atoms with Crippen LogP contribution in [0.15, 0.2) is 18.2 Å². The highest BCUT2D eigenvalue weighted by atomic mass is 16.7. The molecule has 0 spiro atoms. The Balaban J connectivity index is 1.95. The maximum Gasteiger partial charge on any atom is 0.495 e. The van der Waals surface area contributed by atoms with E-state index in [0.717, 1.165) is 29.4 Å². The number of hydrogen-bond acceptors (Lipinski definition) is 3. The van der Waals surface area contributed by atoms with Crippen LogP contribution in [0.5, 0.6) is 0 Å². The molecular weight excluding hydrogens is 275 g/mol. The maximum absolute atomic E-state index is 10.8. The molecule has 1 heterocycles. The lowest BCUT2D eigenvalue weighted by Crippen LogP contribution is -2.41. The molecule has 3 nitrogen and oxygen atoms in total. The van der Waals surface area contributed by atoms with Crippen molar-refractivity contribution in [2.45, 2.75) is 71.2 Å². The number of aliphatic hydroxyl groups is 1. The zero-order chi connectivity index (χ0) is 16.3. The summed E-state index contributed by atoms with van der Waals surface area (Å²) in [6.45, 7) is 12.2. The van der Waals surface area contributed by atoms with Gasteiger partial charge in [0.2, 0.25) is 0 Å². The van der Waals surface area contributed by atoms with E-state index in [1.165, 1.54) is 0 Å². The molecule has 1 aromatic carbocycles. The molecule has 0 amide bonds. The van der Waals surface area contributed by atoms with Crippen molar-refractivity contribution < 1.29 is 14.4 Å². The van der Waals surface area contributed by atoms with Crippen LogP contribution in [-0.4, -0.2) is 23.4 Å². The monoisotopic (exact) mass is 302 g/mol. The van der Waals surface area contributed by atoms with E-state index in [0.29, 0.717) is 5.92 Å². The fourth-order valence-corrected chi connectivity index (χ4v) is 3.06. The van der Waals surface area contributed by atoms with E-state index < -0.39 is 5.60 Å². The average Bonchev–Trinajstić information content (AvgIpc) is 3.18. The predicted octanol–water partition coefficient (Wildman–Crippen LogP) is 2.91. The molecule has 0 aromatic heterocycles. The van der Waals surface area contributed by atoms with Crippen LogP contribution < -0.4 is 5.46 Å². The first-order valence-corrected chi connectivity index (χ1v) is 8.24. The predicted molar refractivity (Wildman–Crippen MR) is 89.2 cm³/mol. The smallest absolute Gasteiger partial charge is 0.399 e. The van der Waals surface area contributed by atoms with E-state index in [1.54, 1.807) is 0 Å². The molecule has 1 unspecified atom stereocenters. The SMILES string of the molecule is Cc1ccc(C(C)(O)C2CC2)cc1B1OC(C)(C)C(C)(C)O1. The van der Waals surface area contributed by atoms with Gasteiger partial charge in [-0.2, -0.15) is 0 Å². The first kappa shape index (κ1) is 16.0. The fraction of sp³-hybridized carbons (Fsp3) is 0.667. The standard InChI is InChI=1S/C18H27BO3/c1-12-7-8-14(18(6,20)13-9-10-13)11-15(12)19-21-16(2,3)17(4,5)22-19/h7-8,11,13,20H,9-10H2,1-6H3. The Bertz CT molecular complexity index is 572. The molecule has 120 valence electrons. The number of hydrogen-bond donors (Lipinski definition) is 1. The Morgan fingerprint density at radius 1 is 1.14 bits per heavy atom. The molecule has 1 saturated heterocycles. The quantitative estimate of drug-likeness (QED) is 0.873. The van der Waals surface area contributed by atoms with Crippen molar-refractivity contribution in [2.24, 2.45) is 5.92 Å². The van der Waals surface area contributed by atoms with Gasteiger partial charge in [0.25, 0.3) is 0 Å². The second-order valence-electron chi connectivity index (χ2n) is 8.08. The minimum atomic E-state index is -0.758. The van der Waals surface area contributed by atoms with Crippen LogP contribution >= 0.6 is 0 Å². The fourth-order valence-electron chi connectivity index (χ4n) is 3.06. The molecule has 1 atom stereocenters. The molecule has 0 radical (unpaired) electrons. The summed E-state index contributed by atoms with van der Waals surface area (Å²) in [6.07, 6.45) is 2.21. The highest BCUT2D eigenvalue weighted by molar-refractivity contribution is 6.62. The van der Waals surface area contributed by atoms with Crippen LogP contribution in [0.4, 0.5) is 0 Å². The van der Waals surface area contributed by atoms with Crippen LogP contribution in [0.2, 0.25) is 0 Å². The highest BCUT2D eigenvalue weighted by Crippen LogP contribution is 2.45. The Morgan fingerprint density at radius 2 is 1.68 bits per heavy atom. The third-order valence-corrected chi connectivity index (χ3v) is 5.74. The molecule has 1 aliphatic carbocycles. The van der Waals surface area contributed by atoms with Gasteiger partial charge in [-0.1, -0.05) is 23.8 Å². The van der Waals surface area contributed by atoms with Crippen LogP contribution in [0.3, 0.4) is 0 Å². The second kappa shape index (κ2) is 4.83. The molecule has 3 rings (SSSR count). The van der Waals surface area contributed by atoms with Crippen molar-refractivity contribution in [3.63, 3.8) is 0 Å². The van der Waals surface area contributed by atoms with Gasteiger partial charge in [-0.3, -0.25) is 0 Å². The summed E-state index contributed by atoms with van der Waals surface area (Å²) >= 11 is 0. The van der Waals surface area contributed by atoms with Crippen LogP contribution in [0, 0.1) is 12.8 Å². The van der Waals surface area contributed by atoms with E-state index in [9.17, 15) is 5.11 Å². The lowest BCUT2D eigenvalue weighted by Gasteiger charge is -2.32. The van der Waals surface area contributed by atoms with Crippen molar-refractivity contribution in [3.8, 4) is 0 Å². The lowest BCUT2D eigenvalue weighted by molar-refractivity contribution is 0.00578. The van der Waals surface area contributed by atoms with Gasteiger partial charge >= 0.3 is 7.12 Å². The Labute approximate surface area is 134 Å². The van der Waals surface area contributed by atoms with Crippen molar-refractivity contribution in [2.75, 3.05) is 0 Å². The number of rotatable bonds is 3. The average molecular weight is 302 g/mol. The zero-order valence-corrected chi connectivity index (χ0v) is 14.6. The summed E-state index contributed by atoms with van der Waals surface area (Å²) in [4.78, 5) is 0. The van der Waals surface area contributed by atoms with Gasteiger partial charge in [0.1, 0.15) is 0 Å². The summed E-state index contributed by atoms with van der Waals surface area (Å²) in [5.74, 6) is 0.376. The summed E-state index contributed by atoms with van der Waals surface area (Å²) in [5.41, 5.74) is 1.67. The Morgan fingerprint density at radius 3 is 2.18 bits per heavy atom. The third-order valence-electron chi connectivity index (χ3n) is 5.74. The van der Waals surface area contributed by atoms with Crippen LogP contribution in [-0.2, 0) is 14.9 Å². The van der Waals surface area contributed by atoms with E-state index in [4.69, 9.17) is 9.31 Å².